The van der Waals surface area contributed by atoms with Gasteiger partial charge < -0.3 is 19.7 Å². The summed E-state index contributed by atoms with van der Waals surface area (Å²) in [6, 6.07) is 16.4. The van der Waals surface area contributed by atoms with E-state index >= 15 is 0 Å². The van der Waals surface area contributed by atoms with E-state index in [0.29, 0.717) is 12.4 Å². The quantitative estimate of drug-likeness (QED) is 0.0934. The Bertz CT molecular complexity index is 1350. The number of phenols is 1. The topological polar surface area (TPSA) is 65.2 Å². The highest BCUT2D eigenvalue weighted by Gasteiger charge is 2.52. The summed E-state index contributed by atoms with van der Waals surface area (Å²) in [5.41, 5.74) is 1.89. The number of ether oxygens (including phenoxy) is 2. The number of aryl methyl sites for hydroxylation is 2. The van der Waals surface area contributed by atoms with Crippen molar-refractivity contribution in [2.45, 2.75) is 149 Å². The molecule has 0 aromatic heterocycles. The van der Waals surface area contributed by atoms with Crippen LogP contribution in [0.15, 0.2) is 58.3 Å². The van der Waals surface area contributed by atoms with Gasteiger partial charge in [0.1, 0.15) is 31.3 Å². The minimum absolute atomic E-state index is 0.408. The van der Waals surface area contributed by atoms with E-state index in [9.17, 15) is 5.11 Å². The third kappa shape index (κ3) is 15.7. The Morgan fingerprint density at radius 2 is 1.38 bits per heavy atom. The summed E-state index contributed by atoms with van der Waals surface area (Å²) < 4.78 is 10.6. The predicted octanol–water partition coefficient (Wildman–Crippen LogP) is 13.1. The number of fused-ring (bicyclic) bond motifs is 6. The molecule has 4 fully saturated rings. The van der Waals surface area contributed by atoms with Crippen LogP contribution in [0.5, 0.6) is 11.5 Å². The van der Waals surface area contributed by atoms with Crippen molar-refractivity contribution >= 4 is 35.2 Å². The van der Waals surface area contributed by atoms with Gasteiger partial charge in [0, 0.05) is 33.4 Å². The number of benzene rings is 3. The summed E-state index contributed by atoms with van der Waals surface area (Å²) >= 11 is 6.31. The summed E-state index contributed by atoms with van der Waals surface area (Å²) in [6.45, 7) is 20.1. The van der Waals surface area contributed by atoms with Gasteiger partial charge >= 0.3 is 0 Å². The molecule has 1 aliphatic heterocycles. The van der Waals surface area contributed by atoms with Crippen LogP contribution < -0.4 is 4.74 Å². The summed E-state index contributed by atoms with van der Waals surface area (Å²) in [6.07, 6.45) is 17.5. The maximum Gasteiger partial charge on any atom is 0.148 e. The van der Waals surface area contributed by atoms with Crippen molar-refractivity contribution in [3.63, 3.8) is 0 Å². The van der Waals surface area contributed by atoms with Gasteiger partial charge in [-0.3, -0.25) is 0 Å². The van der Waals surface area contributed by atoms with Crippen molar-refractivity contribution in [3.8, 4) is 11.5 Å². The molecule has 4 atom stereocenters. The normalized spacial score (nSPS) is 20.9. The van der Waals surface area contributed by atoms with Gasteiger partial charge in [-0.25, -0.2) is 0 Å². The molecule has 3 aromatic carbocycles. The van der Waals surface area contributed by atoms with E-state index in [1.807, 2.05) is 71.9 Å². The Balaban J connectivity index is 0.000000255. The van der Waals surface area contributed by atoms with Crippen molar-refractivity contribution in [2.24, 2.45) is 29.6 Å². The number of thiol groups is 1. The molecule has 3 saturated carbocycles. The van der Waals surface area contributed by atoms with Gasteiger partial charge in [0.15, 0.2) is 0 Å². The number of hydrogen-bond acceptors (Lipinski definition) is 4. The van der Waals surface area contributed by atoms with Crippen molar-refractivity contribution in [3.05, 3.63) is 59.7 Å². The van der Waals surface area contributed by atoms with Crippen LogP contribution >= 0.6 is 24.4 Å². The largest absolute Gasteiger partial charge is 0.507 e. The van der Waals surface area contributed by atoms with E-state index in [1.54, 1.807) is 18.2 Å². The average Bonchev–Trinajstić information content (AvgIpc) is 3.96. The average molecular weight is 771 g/mol. The van der Waals surface area contributed by atoms with Crippen molar-refractivity contribution < 1.29 is 19.7 Å². The van der Waals surface area contributed by atoms with Crippen LogP contribution in [0.2, 0.25) is 0 Å². The number of unbranched alkanes of at least 4 members (excludes halogenated alkanes) is 3. The van der Waals surface area contributed by atoms with E-state index in [-0.39, 0.29) is 0 Å². The number of aromatic hydroxyl groups is 1. The number of hydrogen-bond donors (Lipinski definition) is 2. The Morgan fingerprint density at radius 3 is 1.92 bits per heavy atom. The lowest BCUT2D eigenvalue weighted by molar-refractivity contribution is -0.0107. The van der Waals surface area contributed by atoms with E-state index in [4.69, 9.17) is 9.84 Å². The zero-order valence-electron chi connectivity index (χ0n) is 34.9. The number of phenolic OH excluding ortho intramolecular Hbond substituents is 1. The predicted molar refractivity (Wildman–Crippen MR) is 237 cm³/mol. The molecule has 300 valence electrons. The third-order valence-corrected chi connectivity index (χ3v) is 12.5. The van der Waals surface area contributed by atoms with Crippen LogP contribution in [0.25, 0.3) is 10.8 Å². The van der Waals surface area contributed by atoms with E-state index in [0.717, 1.165) is 76.6 Å². The van der Waals surface area contributed by atoms with Crippen LogP contribution in [-0.4, -0.2) is 47.1 Å². The maximum atomic E-state index is 9.61. The second-order valence-electron chi connectivity index (χ2n) is 14.8. The first-order valence-corrected chi connectivity index (χ1v) is 22.8. The zero-order valence-corrected chi connectivity index (χ0v) is 36.6. The minimum Gasteiger partial charge on any atom is -0.507 e. The maximum absolute atomic E-state index is 9.61. The molecule has 6 heteroatoms. The van der Waals surface area contributed by atoms with Crippen molar-refractivity contribution in [1.29, 1.82) is 0 Å². The molecule has 1 heterocycles. The first kappa shape index (κ1) is 47.3. The molecule has 0 spiro atoms. The van der Waals surface area contributed by atoms with E-state index in [1.165, 1.54) is 93.1 Å². The van der Waals surface area contributed by atoms with Gasteiger partial charge in [0.25, 0.3) is 0 Å². The molecule has 4 aliphatic rings. The van der Waals surface area contributed by atoms with Gasteiger partial charge in [0.05, 0.1) is 6.61 Å². The van der Waals surface area contributed by atoms with Gasteiger partial charge in [-0.1, -0.05) is 104 Å². The van der Waals surface area contributed by atoms with Crippen molar-refractivity contribution in [2.75, 3.05) is 32.2 Å². The molecule has 7 rings (SSSR count). The molecule has 0 radical (unpaired) electrons. The van der Waals surface area contributed by atoms with E-state index in [2.05, 4.69) is 49.4 Å². The van der Waals surface area contributed by atoms with Crippen LogP contribution in [-0.2, 0) is 0 Å². The summed E-state index contributed by atoms with van der Waals surface area (Å²) in [4.78, 5) is 2.23. The second-order valence-corrected chi connectivity index (χ2v) is 16.4. The lowest BCUT2D eigenvalue weighted by atomic mass is 9.82. The molecular formula is C47H78O4S2+2. The monoisotopic (exact) mass is 771 g/mol. The van der Waals surface area contributed by atoms with Crippen LogP contribution in [0.1, 0.15) is 136 Å². The Kier molecular flexibility index (Phi) is 24.7. The van der Waals surface area contributed by atoms with Gasteiger partial charge in [-0.15, -0.1) is 24.4 Å². The van der Waals surface area contributed by atoms with Gasteiger partial charge in [0.2, 0.25) is 0 Å². The highest BCUT2D eigenvalue weighted by molar-refractivity contribution is 7.99. The summed E-state index contributed by atoms with van der Waals surface area (Å²) in [7, 11) is 0. The standard InChI is InChI=1S/C17H20OS.C12H18O2S.C9H14O.C5H12.2C2H6/c19-17-11-10-16(14-8-4-5-9-15(14)17)18-12-13-6-2-1-3-7-13;1-9-7-11(8-10(2)12(9)14)15-6-4-3-5-13;1-2-7-3-6(1)8-4-10-5-9(7)8;1-3-5-4-2;2*1-2/h4-5,8-11,13,19H,1-3,6-7,12H2;7-8,13-14H,3-6H2,1-2H3;6-9H,1-5H2;3-5H2,1-2H3;2*1-2H3/p+2. The Morgan fingerprint density at radius 1 is 0.792 bits per heavy atom. The minimum atomic E-state index is 0.408. The summed E-state index contributed by atoms with van der Waals surface area (Å²) in [5.74, 6) is 7.48. The van der Waals surface area contributed by atoms with Gasteiger partial charge in [-0.2, -0.15) is 0 Å². The lowest BCUT2D eigenvalue weighted by Gasteiger charge is -2.22. The van der Waals surface area contributed by atoms with Crippen molar-refractivity contribution in [1.82, 2.24) is 0 Å². The molecule has 4 N–H and O–H groups in total. The fourth-order valence-electron chi connectivity index (χ4n) is 8.18. The third-order valence-electron chi connectivity index (χ3n) is 11.0. The molecule has 3 aliphatic carbocycles. The molecule has 3 aromatic rings. The van der Waals surface area contributed by atoms with Crippen LogP contribution in [0.4, 0.5) is 0 Å². The molecule has 1 saturated heterocycles. The molecule has 4 nitrogen and oxygen atoms in total. The smallest absolute Gasteiger partial charge is 0.148 e. The second kappa shape index (κ2) is 27.7. The molecule has 2 bridgehead atoms. The molecular weight excluding hydrogens is 693 g/mol. The highest BCUT2D eigenvalue weighted by Crippen LogP contribution is 2.54. The zero-order chi connectivity index (χ0) is 39.0. The number of aliphatic hydroxyl groups is 2. The Labute approximate surface area is 335 Å². The van der Waals surface area contributed by atoms with Crippen LogP contribution in [0, 0.1) is 43.4 Å². The van der Waals surface area contributed by atoms with Gasteiger partial charge in [-0.05, 0) is 117 Å². The molecule has 53 heavy (non-hydrogen) atoms. The Hall–Kier alpha value is -1.86. The summed E-state index contributed by atoms with van der Waals surface area (Å²) in [5, 5.41) is 19.0. The first-order valence-electron chi connectivity index (χ1n) is 21.4. The first-order chi connectivity index (χ1) is 25.9. The fourth-order valence-corrected chi connectivity index (χ4v) is 9.56. The highest BCUT2D eigenvalue weighted by atomic mass is 32.2. The van der Waals surface area contributed by atoms with E-state index < -0.39 is 0 Å². The number of thioether (sulfide) groups is 1. The fraction of sp³-hybridized carbons (Fsp3) is 0.660. The number of rotatable bonds is 10. The SMILES string of the molecule is C1CC2CC1C1C[OH+]CC21.CC.CC.CCCCC.Cc1cc(SCCCC[OH2+])cc(C)c1O.Sc1ccc(OCC2CCCCC2)c2ccccc12. The van der Waals surface area contributed by atoms with Crippen LogP contribution in [0.3, 0.4) is 0 Å². The molecule has 4 unspecified atom stereocenters. The molecule has 0 amide bonds. The lowest BCUT2D eigenvalue weighted by Crippen LogP contribution is -2.19.